The van der Waals surface area contributed by atoms with Gasteiger partial charge < -0.3 is 10.0 Å². The van der Waals surface area contributed by atoms with Gasteiger partial charge in [-0.3, -0.25) is 9.59 Å². The Hall–Kier alpha value is -1.82. The summed E-state index contributed by atoms with van der Waals surface area (Å²) in [6.45, 7) is 1.49. The monoisotopic (exact) mass is 347 g/mol. The van der Waals surface area contributed by atoms with Gasteiger partial charge in [0, 0.05) is 12.7 Å². The maximum Gasteiger partial charge on any atom is 0.326 e. The van der Waals surface area contributed by atoms with E-state index in [0.29, 0.717) is 18.6 Å². The van der Waals surface area contributed by atoms with Gasteiger partial charge in [0.15, 0.2) is 5.12 Å². The standard InChI is InChI=1S/C18H21NO4S/c1-11(20)24-10-13-9-12-5-2-3-6-14(12)15-7-4-8-16(18(22)23)19(15)17(13)21/h2-3,5-6,13,15-16H,4,7-10H2,1H3,(H,22,23). The number of carboxylic acids is 1. The third-order valence-electron chi connectivity index (χ3n) is 4.88. The molecule has 0 saturated carbocycles. The number of thioether (sulfide) groups is 1. The van der Waals surface area contributed by atoms with Crippen molar-refractivity contribution in [3.05, 3.63) is 35.4 Å². The number of aliphatic carboxylic acids is 1. The van der Waals surface area contributed by atoms with Gasteiger partial charge in [0.1, 0.15) is 6.04 Å². The maximum atomic E-state index is 13.1. The summed E-state index contributed by atoms with van der Waals surface area (Å²) in [5.74, 6) is -1.02. The van der Waals surface area contributed by atoms with Crippen LogP contribution in [0.4, 0.5) is 0 Å². The van der Waals surface area contributed by atoms with Crippen molar-refractivity contribution in [2.24, 2.45) is 5.92 Å². The molecule has 24 heavy (non-hydrogen) atoms. The molecule has 3 unspecified atom stereocenters. The number of rotatable bonds is 3. The number of carbonyl (C=O) groups is 3. The summed E-state index contributed by atoms with van der Waals surface area (Å²) in [7, 11) is 0. The molecule has 0 aromatic heterocycles. The first-order valence-corrected chi connectivity index (χ1v) is 9.23. The molecule has 0 aliphatic carbocycles. The molecular weight excluding hydrogens is 326 g/mol. The second kappa shape index (κ2) is 6.97. The van der Waals surface area contributed by atoms with Gasteiger partial charge >= 0.3 is 5.97 Å². The van der Waals surface area contributed by atoms with E-state index < -0.39 is 12.0 Å². The first kappa shape index (κ1) is 17.0. The molecule has 1 fully saturated rings. The van der Waals surface area contributed by atoms with Crippen molar-refractivity contribution in [3.8, 4) is 0 Å². The van der Waals surface area contributed by atoms with Crippen molar-refractivity contribution < 1.29 is 19.5 Å². The Kier molecular flexibility index (Phi) is 4.94. The van der Waals surface area contributed by atoms with Crippen molar-refractivity contribution in [2.45, 2.75) is 44.7 Å². The third-order valence-corrected chi connectivity index (χ3v) is 5.86. The number of hydrogen-bond acceptors (Lipinski definition) is 4. The van der Waals surface area contributed by atoms with Crippen LogP contribution in [0.5, 0.6) is 0 Å². The summed E-state index contributed by atoms with van der Waals surface area (Å²) in [6, 6.07) is 6.97. The number of amides is 1. The number of benzene rings is 1. The Morgan fingerprint density at radius 3 is 2.75 bits per heavy atom. The normalized spacial score (nSPS) is 26.3. The van der Waals surface area contributed by atoms with Gasteiger partial charge in [-0.2, -0.15) is 0 Å². The van der Waals surface area contributed by atoms with Gasteiger partial charge in [0.25, 0.3) is 0 Å². The molecule has 6 heteroatoms. The van der Waals surface area contributed by atoms with Crippen LogP contribution in [-0.4, -0.2) is 38.8 Å². The minimum absolute atomic E-state index is 0.0229. The predicted octanol–water partition coefficient (Wildman–Crippen LogP) is 2.65. The summed E-state index contributed by atoms with van der Waals surface area (Å²) >= 11 is 1.14. The van der Waals surface area contributed by atoms with Crippen molar-refractivity contribution in [1.29, 1.82) is 0 Å². The van der Waals surface area contributed by atoms with Crippen LogP contribution in [-0.2, 0) is 20.8 Å². The van der Waals surface area contributed by atoms with E-state index in [2.05, 4.69) is 0 Å². The second-order valence-electron chi connectivity index (χ2n) is 6.45. The van der Waals surface area contributed by atoms with E-state index in [1.807, 2.05) is 24.3 Å². The molecule has 2 aliphatic rings. The number of fused-ring (bicyclic) bond motifs is 3. The molecular formula is C18H21NO4S. The lowest BCUT2D eigenvalue weighted by atomic mass is 9.89. The highest BCUT2D eigenvalue weighted by molar-refractivity contribution is 8.13. The molecule has 1 aromatic rings. The smallest absolute Gasteiger partial charge is 0.326 e. The van der Waals surface area contributed by atoms with E-state index in [-0.39, 0.29) is 23.0 Å². The summed E-state index contributed by atoms with van der Waals surface area (Å²) in [4.78, 5) is 37.7. The van der Waals surface area contributed by atoms with E-state index in [1.54, 1.807) is 4.90 Å². The van der Waals surface area contributed by atoms with E-state index in [9.17, 15) is 19.5 Å². The van der Waals surface area contributed by atoms with Crippen LogP contribution in [0.15, 0.2) is 24.3 Å². The van der Waals surface area contributed by atoms with Crippen LogP contribution in [0, 0.1) is 5.92 Å². The van der Waals surface area contributed by atoms with E-state index in [4.69, 9.17) is 0 Å². The van der Waals surface area contributed by atoms with Crippen molar-refractivity contribution in [1.82, 2.24) is 4.90 Å². The number of carboxylic acid groups (broad SMARTS) is 1. The molecule has 0 spiro atoms. The fourth-order valence-electron chi connectivity index (χ4n) is 3.81. The van der Waals surface area contributed by atoms with Crippen LogP contribution >= 0.6 is 11.8 Å². The van der Waals surface area contributed by atoms with Crippen LogP contribution in [0.2, 0.25) is 0 Å². The lowest BCUT2D eigenvalue weighted by Gasteiger charge is -2.40. The molecule has 128 valence electrons. The van der Waals surface area contributed by atoms with Crippen LogP contribution < -0.4 is 0 Å². The minimum atomic E-state index is -0.939. The summed E-state index contributed by atoms with van der Waals surface area (Å²) in [5, 5.41) is 9.56. The number of carbonyl (C=O) groups excluding carboxylic acids is 2. The number of nitrogens with zero attached hydrogens (tertiary/aromatic N) is 1. The zero-order valence-corrected chi connectivity index (χ0v) is 14.4. The highest BCUT2D eigenvalue weighted by Crippen LogP contribution is 2.40. The quantitative estimate of drug-likeness (QED) is 0.910. The minimum Gasteiger partial charge on any atom is -0.480 e. The molecule has 1 amide bonds. The Labute approximate surface area is 145 Å². The average molecular weight is 347 g/mol. The van der Waals surface area contributed by atoms with E-state index in [0.717, 1.165) is 35.7 Å². The van der Waals surface area contributed by atoms with Gasteiger partial charge in [0.2, 0.25) is 5.91 Å². The predicted molar refractivity (Wildman–Crippen MR) is 91.6 cm³/mol. The number of hydrogen-bond donors (Lipinski definition) is 1. The molecule has 3 rings (SSSR count). The molecule has 1 N–H and O–H groups in total. The van der Waals surface area contributed by atoms with Crippen molar-refractivity contribution in [3.63, 3.8) is 0 Å². The first-order chi connectivity index (χ1) is 11.5. The Bertz CT molecular complexity index is 675. The molecule has 2 heterocycles. The Morgan fingerprint density at radius 1 is 1.29 bits per heavy atom. The first-order valence-electron chi connectivity index (χ1n) is 8.25. The zero-order valence-electron chi connectivity index (χ0n) is 13.6. The van der Waals surface area contributed by atoms with Crippen LogP contribution in [0.25, 0.3) is 0 Å². The molecule has 3 atom stereocenters. The fraction of sp³-hybridized carbons (Fsp3) is 0.500. The molecule has 0 radical (unpaired) electrons. The highest BCUT2D eigenvalue weighted by atomic mass is 32.2. The Balaban J connectivity index is 2.01. The summed E-state index contributed by atoms with van der Waals surface area (Å²) < 4.78 is 0. The molecule has 2 aliphatic heterocycles. The van der Waals surface area contributed by atoms with Crippen molar-refractivity contribution >= 4 is 28.8 Å². The zero-order chi connectivity index (χ0) is 17.3. The lowest BCUT2D eigenvalue weighted by molar-refractivity contribution is -0.156. The van der Waals surface area contributed by atoms with E-state index >= 15 is 0 Å². The van der Waals surface area contributed by atoms with Gasteiger partial charge in [-0.05, 0) is 36.8 Å². The summed E-state index contributed by atoms with van der Waals surface area (Å²) in [6.07, 6.45) is 2.65. The topological polar surface area (TPSA) is 74.7 Å². The van der Waals surface area contributed by atoms with Gasteiger partial charge in [0.05, 0.1) is 12.0 Å². The highest BCUT2D eigenvalue weighted by Gasteiger charge is 2.43. The van der Waals surface area contributed by atoms with Crippen LogP contribution in [0.3, 0.4) is 0 Å². The molecule has 1 aromatic carbocycles. The van der Waals surface area contributed by atoms with Gasteiger partial charge in [-0.15, -0.1) is 0 Å². The second-order valence-corrected chi connectivity index (χ2v) is 7.65. The average Bonchev–Trinajstić information content (AvgIpc) is 2.68. The molecule has 1 saturated heterocycles. The van der Waals surface area contributed by atoms with Gasteiger partial charge in [-0.25, -0.2) is 4.79 Å². The SMILES string of the molecule is CC(=O)SCC1Cc2ccccc2C2CCCC(C(=O)O)N2C1=O. The fourth-order valence-corrected chi connectivity index (χ4v) is 4.51. The third kappa shape index (κ3) is 3.20. The summed E-state index contributed by atoms with van der Waals surface area (Å²) in [5.41, 5.74) is 2.16. The number of piperidine rings is 1. The lowest BCUT2D eigenvalue weighted by Crippen LogP contribution is -2.51. The molecule has 5 nitrogen and oxygen atoms in total. The maximum absolute atomic E-state index is 13.1. The molecule has 0 bridgehead atoms. The van der Waals surface area contributed by atoms with Crippen LogP contribution in [0.1, 0.15) is 43.4 Å². The van der Waals surface area contributed by atoms with Crippen molar-refractivity contribution in [2.75, 3.05) is 5.75 Å². The largest absolute Gasteiger partial charge is 0.480 e. The van der Waals surface area contributed by atoms with Gasteiger partial charge in [-0.1, -0.05) is 36.0 Å². The Morgan fingerprint density at radius 2 is 2.04 bits per heavy atom. The van der Waals surface area contributed by atoms with E-state index in [1.165, 1.54) is 6.92 Å².